The molecule has 0 aliphatic rings. The fourth-order valence-corrected chi connectivity index (χ4v) is 5.29. The van der Waals surface area contributed by atoms with Gasteiger partial charge in [0.2, 0.25) is 0 Å². The van der Waals surface area contributed by atoms with Crippen LogP contribution in [-0.2, 0) is 9.09 Å². The van der Waals surface area contributed by atoms with Gasteiger partial charge in [0.15, 0.2) is 0 Å². The molecular formula is C7H16NO2PS2. The highest BCUT2D eigenvalue weighted by Crippen LogP contribution is 2.62. The first-order valence-corrected chi connectivity index (χ1v) is 7.61. The van der Waals surface area contributed by atoms with Gasteiger partial charge in [-0.25, -0.2) is 0 Å². The average molecular weight is 241 g/mol. The molecule has 0 fully saturated rings. The molecule has 6 heteroatoms. The second kappa shape index (κ2) is 6.02. The third kappa shape index (κ3) is 4.45. The monoisotopic (exact) mass is 241 g/mol. The fraction of sp³-hybridized carbons (Fsp3) is 0.857. The van der Waals surface area contributed by atoms with Gasteiger partial charge in [-0.15, -0.1) is 0 Å². The van der Waals surface area contributed by atoms with Crippen LogP contribution in [0.15, 0.2) is 0 Å². The van der Waals surface area contributed by atoms with Crippen LogP contribution in [0.3, 0.4) is 0 Å². The van der Waals surface area contributed by atoms with Gasteiger partial charge < -0.3 is 4.52 Å². The maximum Gasteiger partial charge on any atom is 0.353 e. The van der Waals surface area contributed by atoms with Gasteiger partial charge in [0.25, 0.3) is 0 Å². The predicted molar refractivity (Wildman–Crippen MR) is 63.4 cm³/mol. The van der Waals surface area contributed by atoms with Gasteiger partial charge in [-0.2, -0.15) is 0 Å². The maximum atomic E-state index is 12.1. The van der Waals surface area contributed by atoms with Crippen LogP contribution in [0.2, 0.25) is 0 Å². The van der Waals surface area contributed by atoms with Crippen LogP contribution >= 0.6 is 30.3 Å². The Kier molecular flexibility index (Phi) is 6.21. The van der Waals surface area contributed by atoms with Crippen LogP contribution in [0.1, 0.15) is 20.8 Å². The first-order valence-electron chi connectivity index (χ1n) is 4.08. The van der Waals surface area contributed by atoms with E-state index in [1.54, 1.807) is 7.05 Å². The van der Waals surface area contributed by atoms with Gasteiger partial charge in [-0.3, -0.25) is 9.24 Å². The van der Waals surface area contributed by atoms with Gasteiger partial charge >= 0.3 is 6.72 Å². The lowest BCUT2D eigenvalue weighted by molar-refractivity contribution is 0.325. The van der Waals surface area contributed by atoms with Crippen molar-refractivity contribution in [3.63, 3.8) is 0 Å². The number of thiocarbonyl (C=S) groups is 1. The van der Waals surface area contributed by atoms with Crippen molar-refractivity contribution in [2.24, 2.45) is 0 Å². The minimum atomic E-state index is -2.78. The molecule has 0 aromatic carbocycles. The molecule has 0 heterocycles. The van der Waals surface area contributed by atoms with E-state index in [0.29, 0.717) is 6.61 Å². The van der Waals surface area contributed by atoms with E-state index in [1.807, 2.05) is 20.8 Å². The van der Waals surface area contributed by atoms with Crippen LogP contribution in [0.25, 0.3) is 0 Å². The lowest BCUT2D eigenvalue weighted by Crippen LogP contribution is -2.12. The molecule has 0 aliphatic heterocycles. The molecule has 3 nitrogen and oxygen atoms in total. The van der Waals surface area contributed by atoms with Crippen LogP contribution in [0.4, 0.5) is 0 Å². The molecule has 1 atom stereocenters. The van der Waals surface area contributed by atoms with E-state index in [2.05, 4.69) is 0 Å². The van der Waals surface area contributed by atoms with Crippen molar-refractivity contribution in [2.75, 3.05) is 13.7 Å². The van der Waals surface area contributed by atoms with Crippen LogP contribution < -0.4 is 0 Å². The Morgan fingerprint density at radius 1 is 1.69 bits per heavy atom. The Morgan fingerprint density at radius 3 is 2.54 bits per heavy atom. The zero-order valence-corrected chi connectivity index (χ0v) is 10.9. The Hall–Kier alpha value is 0.430. The third-order valence-corrected chi connectivity index (χ3v) is 6.96. The minimum absolute atomic E-state index is 0.259. The molecule has 0 radical (unpaired) electrons. The molecule has 0 spiro atoms. The summed E-state index contributed by atoms with van der Waals surface area (Å²) in [6.07, 6.45) is 0. The number of hydrogen-bond donors (Lipinski definition) is 0. The molecule has 13 heavy (non-hydrogen) atoms. The molecule has 0 aromatic heterocycles. The normalized spacial score (nSPS) is 15.5. The van der Waals surface area contributed by atoms with E-state index in [9.17, 15) is 4.57 Å². The molecule has 1 unspecified atom stereocenters. The first-order chi connectivity index (χ1) is 5.96. The third-order valence-electron chi connectivity index (χ3n) is 1.18. The molecular weight excluding hydrogens is 225 g/mol. The Labute approximate surface area is 89.5 Å². The summed E-state index contributed by atoms with van der Waals surface area (Å²) in [6.45, 7) is 3.44. The van der Waals surface area contributed by atoms with E-state index < -0.39 is 6.72 Å². The Bertz CT molecular complexity index is 211. The van der Waals surface area contributed by atoms with Crippen molar-refractivity contribution in [3.8, 4) is 0 Å². The summed E-state index contributed by atoms with van der Waals surface area (Å²) in [5.74, 6) is 0. The van der Waals surface area contributed by atoms with Gasteiger partial charge in [0.1, 0.15) is 0 Å². The topological polar surface area (TPSA) is 29.5 Å². The van der Waals surface area contributed by atoms with E-state index in [-0.39, 0.29) is 5.25 Å². The molecule has 0 saturated carbocycles. The number of nitrogens with zero attached hydrogens (tertiary/aromatic N) is 1. The Morgan fingerprint density at radius 2 is 2.23 bits per heavy atom. The maximum absolute atomic E-state index is 12.1. The SMILES string of the molecule is CCOP(=O)(SC(C)C)N(C)C=S. The molecule has 0 amide bonds. The molecule has 0 N–H and O–H groups in total. The number of hydrogen-bond acceptors (Lipinski definition) is 4. The highest BCUT2D eigenvalue weighted by molar-refractivity contribution is 8.56. The van der Waals surface area contributed by atoms with Crippen LogP contribution in [0, 0.1) is 0 Å². The highest BCUT2D eigenvalue weighted by atomic mass is 32.7. The van der Waals surface area contributed by atoms with Crippen LogP contribution in [-0.4, -0.2) is 29.1 Å². The van der Waals surface area contributed by atoms with Gasteiger partial charge in [-0.05, 0) is 18.3 Å². The zero-order valence-electron chi connectivity index (χ0n) is 8.39. The molecule has 78 valence electrons. The predicted octanol–water partition coefficient (Wildman–Crippen LogP) is 3.16. The van der Waals surface area contributed by atoms with Crippen molar-refractivity contribution in [1.29, 1.82) is 0 Å². The summed E-state index contributed by atoms with van der Waals surface area (Å²) in [7, 11) is 1.68. The molecule has 0 rings (SSSR count). The molecule has 0 aromatic rings. The molecule has 0 aliphatic carbocycles. The largest absolute Gasteiger partial charge is 0.353 e. The molecule has 0 bridgehead atoms. The fourth-order valence-electron chi connectivity index (χ4n) is 0.683. The summed E-state index contributed by atoms with van der Waals surface area (Å²) in [5.41, 5.74) is 1.37. The molecule has 0 saturated heterocycles. The number of rotatable bonds is 6. The lowest BCUT2D eigenvalue weighted by atomic mass is 10.6. The highest BCUT2D eigenvalue weighted by Gasteiger charge is 2.28. The van der Waals surface area contributed by atoms with E-state index >= 15 is 0 Å². The van der Waals surface area contributed by atoms with E-state index in [4.69, 9.17) is 16.7 Å². The zero-order chi connectivity index (χ0) is 10.5. The second-order valence-corrected chi connectivity index (χ2v) is 7.93. The summed E-state index contributed by atoms with van der Waals surface area (Å²) < 4.78 is 18.8. The smallest absolute Gasteiger partial charge is 0.306 e. The lowest BCUT2D eigenvalue weighted by Gasteiger charge is -2.25. The minimum Gasteiger partial charge on any atom is -0.306 e. The summed E-state index contributed by atoms with van der Waals surface area (Å²) in [6, 6.07) is 0. The van der Waals surface area contributed by atoms with Crippen molar-refractivity contribution >= 4 is 35.8 Å². The van der Waals surface area contributed by atoms with Crippen molar-refractivity contribution in [2.45, 2.75) is 26.0 Å². The van der Waals surface area contributed by atoms with Crippen LogP contribution in [0.5, 0.6) is 0 Å². The Balaban J connectivity index is 4.51. The quantitative estimate of drug-likeness (QED) is 0.526. The first kappa shape index (κ1) is 13.4. The summed E-state index contributed by atoms with van der Waals surface area (Å²) in [4.78, 5) is 0. The van der Waals surface area contributed by atoms with E-state index in [0.717, 1.165) is 0 Å². The van der Waals surface area contributed by atoms with Crippen molar-refractivity contribution < 1.29 is 9.09 Å². The second-order valence-electron chi connectivity index (χ2n) is 2.72. The summed E-state index contributed by atoms with van der Waals surface area (Å²) in [5, 5.41) is 0.259. The average Bonchev–Trinajstić information content (AvgIpc) is 2.02. The summed E-state index contributed by atoms with van der Waals surface area (Å²) >= 11 is 6.05. The standard InChI is InChI=1S/C7H16NO2PS2/c1-5-10-11(9,8(4)6-12)13-7(2)3/h6-7H,5H2,1-4H3. The van der Waals surface area contributed by atoms with Gasteiger partial charge in [-0.1, -0.05) is 26.1 Å². The van der Waals surface area contributed by atoms with Crippen molar-refractivity contribution in [1.82, 2.24) is 4.67 Å². The van der Waals surface area contributed by atoms with Gasteiger partial charge in [0.05, 0.1) is 12.1 Å². The van der Waals surface area contributed by atoms with E-state index in [1.165, 1.54) is 21.5 Å². The van der Waals surface area contributed by atoms with Crippen molar-refractivity contribution in [3.05, 3.63) is 0 Å². The van der Waals surface area contributed by atoms with Gasteiger partial charge in [0, 0.05) is 12.3 Å².